The zero-order valence-corrected chi connectivity index (χ0v) is 15.3. The molecule has 6 nitrogen and oxygen atoms in total. The van der Waals surface area contributed by atoms with E-state index >= 15 is 0 Å². The molecular weight excluding hydrogens is 350 g/mol. The van der Waals surface area contributed by atoms with Gasteiger partial charge in [-0.05, 0) is 26.0 Å². The second-order valence-corrected chi connectivity index (χ2v) is 6.88. The SMILES string of the molecule is Cc1onc(-c2ccccc2)c1C=Cc1ncc(C(=O)NC(C)CO)s1. The highest BCUT2D eigenvalue weighted by atomic mass is 32.1. The van der Waals surface area contributed by atoms with Gasteiger partial charge in [-0.2, -0.15) is 0 Å². The van der Waals surface area contributed by atoms with Gasteiger partial charge in [0.1, 0.15) is 21.3 Å². The quantitative estimate of drug-likeness (QED) is 0.695. The average Bonchev–Trinajstić information content (AvgIpc) is 3.27. The summed E-state index contributed by atoms with van der Waals surface area (Å²) in [4.78, 5) is 16.8. The number of aryl methyl sites for hydroxylation is 1. The maximum absolute atomic E-state index is 12.1. The van der Waals surface area contributed by atoms with Crippen molar-refractivity contribution in [3.63, 3.8) is 0 Å². The minimum Gasteiger partial charge on any atom is -0.394 e. The molecule has 1 amide bonds. The molecule has 2 aromatic heterocycles. The highest BCUT2D eigenvalue weighted by molar-refractivity contribution is 7.14. The van der Waals surface area contributed by atoms with Crippen LogP contribution in [0.15, 0.2) is 41.1 Å². The van der Waals surface area contributed by atoms with Crippen molar-refractivity contribution in [2.24, 2.45) is 0 Å². The fourth-order valence-electron chi connectivity index (χ4n) is 2.34. The first kappa shape index (κ1) is 18.0. The predicted octanol–water partition coefficient (Wildman–Crippen LogP) is 3.39. The highest BCUT2D eigenvalue weighted by Crippen LogP contribution is 2.27. The van der Waals surface area contributed by atoms with Gasteiger partial charge in [-0.3, -0.25) is 4.79 Å². The Labute approximate surface area is 155 Å². The number of thiazole rings is 1. The molecule has 134 valence electrons. The predicted molar refractivity (Wildman–Crippen MR) is 102 cm³/mol. The van der Waals surface area contributed by atoms with Crippen LogP contribution >= 0.6 is 11.3 Å². The molecule has 0 bridgehead atoms. The second-order valence-electron chi connectivity index (χ2n) is 5.82. The Hall–Kier alpha value is -2.77. The number of carbonyl (C=O) groups is 1. The molecule has 0 aliphatic carbocycles. The molecule has 0 saturated carbocycles. The Balaban J connectivity index is 1.80. The van der Waals surface area contributed by atoms with Crippen molar-refractivity contribution >= 4 is 29.4 Å². The standard InChI is InChI=1S/C19H19N3O3S/c1-12(11-23)21-19(24)16-10-20-17(26-16)9-8-15-13(2)25-22-18(15)14-6-4-3-5-7-14/h3-10,12,23H,11H2,1-2H3,(H,21,24). The largest absolute Gasteiger partial charge is 0.394 e. The molecule has 2 heterocycles. The lowest BCUT2D eigenvalue weighted by Crippen LogP contribution is -2.34. The summed E-state index contributed by atoms with van der Waals surface area (Å²) >= 11 is 1.28. The van der Waals surface area contributed by atoms with Gasteiger partial charge in [0, 0.05) is 17.2 Å². The summed E-state index contributed by atoms with van der Waals surface area (Å²) in [7, 11) is 0. The summed E-state index contributed by atoms with van der Waals surface area (Å²) in [5, 5.41) is 16.6. The topological polar surface area (TPSA) is 88.2 Å². The molecule has 26 heavy (non-hydrogen) atoms. The van der Waals surface area contributed by atoms with Crippen molar-refractivity contribution in [3.05, 3.63) is 57.7 Å². The van der Waals surface area contributed by atoms with E-state index in [0.717, 1.165) is 16.8 Å². The van der Waals surface area contributed by atoms with Crippen LogP contribution in [-0.4, -0.2) is 33.8 Å². The number of aromatic nitrogens is 2. The van der Waals surface area contributed by atoms with E-state index in [0.29, 0.717) is 15.6 Å². The smallest absolute Gasteiger partial charge is 0.263 e. The Morgan fingerprint density at radius 2 is 2.12 bits per heavy atom. The Kier molecular flexibility index (Phi) is 5.60. The highest BCUT2D eigenvalue weighted by Gasteiger charge is 2.14. The van der Waals surface area contributed by atoms with Crippen molar-refractivity contribution in [1.82, 2.24) is 15.5 Å². The van der Waals surface area contributed by atoms with Gasteiger partial charge >= 0.3 is 0 Å². The van der Waals surface area contributed by atoms with Gasteiger partial charge in [0.25, 0.3) is 5.91 Å². The van der Waals surface area contributed by atoms with Crippen LogP contribution in [0.2, 0.25) is 0 Å². The van der Waals surface area contributed by atoms with Crippen LogP contribution < -0.4 is 5.32 Å². The number of hydrogen-bond donors (Lipinski definition) is 2. The monoisotopic (exact) mass is 369 g/mol. The van der Waals surface area contributed by atoms with E-state index < -0.39 is 0 Å². The Morgan fingerprint density at radius 1 is 1.35 bits per heavy atom. The molecule has 0 aliphatic rings. The van der Waals surface area contributed by atoms with Crippen molar-refractivity contribution in [2.45, 2.75) is 19.9 Å². The Bertz CT molecular complexity index is 915. The van der Waals surface area contributed by atoms with Crippen molar-refractivity contribution < 1.29 is 14.4 Å². The maximum Gasteiger partial charge on any atom is 0.263 e. The van der Waals surface area contributed by atoms with Gasteiger partial charge < -0.3 is 14.9 Å². The lowest BCUT2D eigenvalue weighted by molar-refractivity contribution is 0.0926. The van der Waals surface area contributed by atoms with Crippen LogP contribution in [0, 0.1) is 6.92 Å². The zero-order valence-electron chi connectivity index (χ0n) is 14.5. The molecule has 3 rings (SSSR count). The Morgan fingerprint density at radius 3 is 2.85 bits per heavy atom. The van der Waals surface area contributed by atoms with Gasteiger partial charge in [0.05, 0.1) is 12.8 Å². The van der Waals surface area contributed by atoms with Crippen LogP contribution in [0.25, 0.3) is 23.4 Å². The molecule has 0 radical (unpaired) electrons. The van der Waals surface area contributed by atoms with E-state index in [9.17, 15) is 4.79 Å². The van der Waals surface area contributed by atoms with E-state index in [4.69, 9.17) is 9.63 Å². The molecule has 2 N–H and O–H groups in total. The lowest BCUT2D eigenvalue weighted by atomic mass is 10.1. The number of carbonyl (C=O) groups excluding carboxylic acids is 1. The number of rotatable bonds is 6. The third-order valence-corrected chi connectivity index (χ3v) is 4.71. The number of aliphatic hydroxyl groups excluding tert-OH is 1. The zero-order chi connectivity index (χ0) is 18.5. The van der Waals surface area contributed by atoms with Gasteiger partial charge in [0.15, 0.2) is 0 Å². The summed E-state index contributed by atoms with van der Waals surface area (Å²) in [6, 6.07) is 9.51. The minimum atomic E-state index is -0.295. The van der Waals surface area contributed by atoms with Crippen molar-refractivity contribution in [3.8, 4) is 11.3 Å². The number of benzene rings is 1. The third-order valence-electron chi connectivity index (χ3n) is 3.75. The van der Waals surface area contributed by atoms with Crippen LogP contribution in [-0.2, 0) is 0 Å². The van der Waals surface area contributed by atoms with Crippen LogP contribution in [0.1, 0.15) is 32.9 Å². The normalized spacial score (nSPS) is 12.4. The summed E-state index contributed by atoms with van der Waals surface area (Å²) in [5.74, 6) is 0.473. The number of amides is 1. The first-order valence-corrected chi connectivity index (χ1v) is 8.97. The van der Waals surface area contributed by atoms with Crippen LogP contribution in [0.5, 0.6) is 0 Å². The van der Waals surface area contributed by atoms with E-state index in [2.05, 4.69) is 15.5 Å². The molecular formula is C19H19N3O3S. The number of hydrogen-bond acceptors (Lipinski definition) is 6. The van der Waals surface area contributed by atoms with Crippen LogP contribution in [0.3, 0.4) is 0 Å². The molecule has 0 aliphatic heterocycles. The fraction of sp³-hybridized carbons (Fsp3) is 0.211. The summed E-state index contributed by atoms with van der Waals surface area (Å²) < 4.78 is 5.33. The molecule has 3 aromatic rings. The third kappa shape index (κ3) is 4.07. The van der Waals surface area contributed by atoms with E-state index in [1.165, 1.54) is 17.5 Å². The number of aliphatic hydroxyl groups is 1. The molecule has 1 unspecified atom stereocenters. The minimum absolute atomic E-state index is 0.105. The van der Waals surface area contributed by atoms with Gasteiger partial charge in [-0.25, -0.2) is 4.98 Å². The molecule has 0 saturated heterocycles. The van der Waals surface area contributed by atoms with Gasteiger partial charge in [0.2, 0.25) is 0 Å². The second kappa shape index (κ2) is 8.07. The summed E-state index contributed by atoms with van der Waals surface area (Å²) in [6.07, 6.45) is 5.26. The van der Waals surface area contributed by atoms with Crippen molar-refractivity contribution in [2.75, 3.05) is 6.61 Å². The van der Waals surface area contributed by atoms with Crippen molar-refractivity contribution in [1.29, 1.82) is 0 Å². The molecule has 0 fully saturated rings. The number of nitrogens with zero attached hydrogens (tertiary/aromatic N) is 2. The van der Waals surface area contributed by atoms with E-state index in [1.54, 1.807) is 6.92 Å². The fourth-order valence-corrected chi connectivity index (χ4v) is 3.07. The van der Waals surface area contributed by atoms with E-state index in [1.807, 2.05) is 49.4 Å². The molecule has 7 heteroatoms. The first-order valence-electron chi connectivity index (χ1n) is 8.16. The number of nitrogens with one attached hydrogen (secondary N) is 1. The van der Waals surface area contributed by atoms with E-state index in [-0.39, 0.29) is 18.6 Å². The first-order chi connectivity index (χ1) is 12.6. The molecule has 1 aromatic carbocycles. The molecule has 0 spiro atoms. The van der Waals surface area contributed by atoms with Gasteiger partial charge in [-0.1, -0.05) is 35.5 Å². The van der Waals surface area contributed by atoms with Gasteiger partial charge in [-0.15, -0.1) is 11.3 Å². The average molecular weight is 369 g/mol. The van der Waals surface area contributed by atoms with Crippen LogP contribution in [0.4, 0.5) is 0 Å². The lowest BCUT2D eigenvalue weighted by Gasteiger charge is -2.08. The maximum atomic E-state index is 12.1. The summed E-state index contributed by atoms with van der Waals surface area (Å²) in [6.45, 7) is 3.49. The molecule has 1 atom stereocenters. The summed E-state index contributed by atoms with van der Waals surface area (Å²) in [5.41, 5.74) is 2.62.